The Morgan fingerprint density at radius 3 is 2.39 bits per heavy atom. The lowest BCUT2D eigenvalue weighted by molar-refractivity contribution is -0.118. The van der Waals surface area contributed by atoms with Crippen molar-refractivity contribution in [3.8, 4) is 17.4 Å². The highest BCUT2D eigenvalue weighted by Crippen LogP contribution is 2.23. The van der Waals surface area contributed by atoms with Gasteiger partial charge in [-0.15, -0.1) is 0 Å². The molecule has 0 saturated heterocycles. The summed E-state index contributed by atoms with van der Waals surface area (Å²) >= 11 is 0. The van der Waals surface area contributed by atoms with Crippen molar-refractivity contribution < 1.29 is 9.21 Å². The van der Waals surface area contributed by atoms with Gasteiger partial charge in [0.25, 0.3) is 5.91 Å². The number of amides is 1. The lowest BCUT2D eigenvalue weighted by atomic mass is 10.1. The van der Waals surface area contributed by atoms with E-state index in [0.29, 0.717) is 11.5 Å². The maximum Gasteiger partial charge on any atom is 0.262 e. The van der Waals surface area contributed by atoms with E-state index in [1.807, 2.05) is 64.1 Å². The van der Waals surface area contributed by atoms with Crippen molar-refractivity contribution in [3.63, 3.8) is 0 Å². The molecule has 1 aromatic heterocycles. The van der Waals surface area contributed by atoms with Crippen molar-refractivity contribution in [3.05, 3.63) is 53.3 Å². The molecule has 1 N–H and O–H groups in total. The van der Waals surface area contributed by atoms with Crippen molar-refractivity contribution in [1.82, 2.24) is 5.32 Å². The highest BCUT2D eigenvalue weighted by molar-refractivity contribution is 6.01. The summed E-state index contributed by atoms with van der Waals surface area (Å²) in [4.78, 5) is 12.1. The number of benzene rings is 1. The zero-order valence-corrected chi connectivity index (χ0v) is 13.8. The van der Waals surface area contributed by atoms with Crippen LogP contribution in [0.5, 0.6) is 0 Å². The Kier molecular flexibility index (Phi) is 4.71. The van der Waals surface area contributed by atoms with Gasteiger partial charge in [-0.2, -0.15) is 5.26 Å². The maximum absolute atomic E-state index is 12.1. The molecular weight excluding hydrogens is 288 g/mol. The summed E-state index contributed by atoms with van der Waals surface area (Å²) in [6.07, 6.45) is 1.46. The lowest BCUT2D eigenvalue weighted by Crippen LogP contribution is -2.41. The fourth-order valence-corrected chi connectivity index (χ4v) is 2.00. The number of hydrogen-bond donors (Lipinski definition) is 1. The number of furan rings is 1. The second kappa shape index (κ2) is 6.53. The van der Waals surface area contributed by atoms with E-state index >= 15 is 0 Å². The van der Waals surface area contributed by atoms with E-state index in [0.717, 1.165) is 5.56 Å². The number of nitriles is 1. The first-order valence-electron chi connectivity index (χ1n) is 7.40. The Morgan fingerprint density at radius 2 is 1.83 bits per heavy atom. The van der Waals surface area contributed by atoms with Crippen molar-refractivity contribution in [1.29, 1.82) is 5.26 Å². The molecule has 0 aliphatic heterocycles. The molecule has 23 heavy (non-hydrogen) atoms. The molecule has 0 spiro atoms. The fraction of sp³-hybridized carbons (Fsp3) is 0.263. The van der Waals surface area contributed by atoms with Gasteiger partial charge >= 0.3 is 0 Å². The summed E-state index contributed by atoms with van der Waals surface area (Å²) < 4.78 is 5.71. The molecule has 0 saturated carbocycles. The van der Waals surface area contributed by atoms with Gasteiger partial charge in [0.05, 0.1) is 0 Å². The van der Waals surface area contributed by atoms with Crippen LogP contribution in [-0.4, -0.2) is 11.4 Å². The first-order chi connectivity index (χ1) is 10.8. The van der Waals surface area contributed by atoms with Crippen molar-refractivity contribution in [2.24, 2.45) is 0 Å². The summed E-state index contributed by atoms with van der Waals surface area (Å²) in [5.74, 6) is 0.763. The highest BCUT2D eigenvalue weighted by atomic mass is 16.3. The smallest absolute Gasteiger partial charge is 0.262 e. The molecule has 0 radical (unpaired) electrons. The van der Waals surface area contributed by atoms with Crippen LogP contribution in [0.3, 0.4) is 0 Å². The number of carbonyl (C=O) groups excluding carboxylic acids is 1. The number of nitrogens with zero attached hydrogens (tertiary/aromatic N) is 1. The maximum atomic E-state index is 12.1. The third kappa shape index (κ3) is 4.58. The van der Waals surface area contributed by atoms with E-state index in [9.17, 15) is 10.1 Å². The average Bonchev–Trinajstić information content (AvgIpc) is 2.92. The lowest BCUT2D eigenvalue weighted by Gasteiger charge is -2.19. The molecule has 118 valence electrons. The van der Waals surface area contributed by atoms with Crippen molar-refractivity contribution in [2.45, 2.75) is 33.2 Å². The zero-order valence-electron chi connectivity index (χ0n) is 13.8. The van der Waals surface area contributed by atoms with Crippen LogP contribution in [-0.2, 0) is 4.79 Å². The molecule has 0 aliphatic rings. The molecule has 0 fully saturated rings. The van der Waals surface area contributed by atoms with Gasteiger partial charge in [0, 0.05) is 17.2 Å². The Morgan fingerprint density at radius 1 is 1.17 bits per heavy atom. The van der Waals surface area contributed by atoms with Crippen LogP contribution < -0.4 is 5.32 Å². The van der Waals surface area contributed by atoms with E-state index in [-0.39, 0.29) is 5.57 Å². The van der Waals surface area contributed by atoms with Crippen LogP contribution in [0, 0.1) is 18.3 Å². The van der Waals surface area contributed by atoms with E-state index in [1.165, 1.54) is 11.6 Å². The minimum absolute atomic E-state index is 0.0183. The molecule has 4 heteroatoms. The second-order valence-corrected chi connectivity index (χ2v) is 6.44. The van der Waals surface area contributed by atoms with Crippen molar-refractivity contribution in [2.75, 3.05) is 0 Å². The molecule has 0 unspecified atom stereocenters. The normalized spacial score (nSPS) is 11.9. The number of carbonyl (C=O) groups is 1. The van der Waals surface area contributed by atoms with Gasteiger partial charge in [0.2, 0.25) is 0 Å². The summed E-state index contributed by atoms with van der Waals surface area (Å²) in [5.41, 5.74) is 1.74. The largest absolute Gasteiger partial charge is 0.457 e. The monoisotopic (exact) mass is 308 g/mol. The minimum atomic E-state index is -0.409. The van der Waals surface area contributed by atoms with Gasteiger partial charge < -0.3 is 9.73 Å². The van der Waals surface area contributed by atoms with E-state index < -0.39 is 11.4 Å². The molecule has 0 atom stereocenters. The summed E-state index contributed by atoms with van der Waals surface area (Å²) in [5, 5.41) is 12.0. The van der Waals surface area contributed by atoms with E-state index in [2.05, 4.69) is 5.32 Å². The third-order valence-corrected chi connectivity index (χ3v) is 3.10. The van der Waals surface area contributed by atoms with E-state index in [4.69, 9.17) is 4.42 Å². The van der Waals surface area contributed by atoms with Gasteiger partial charge in [-0.3, -0.25) is 4.79 Å². The van der Waals surface area contributed by atoms with Crippen LogP contribution in [0.15, 0.2) is 46.4 Å². The summed E-state index contributed by atoms with van der Waals surface area (Å²) in [7, 11) is 0. The Hall–Kier alpha value is -2.80. The molecule has 1 heterocycles. The standard InChI is InChI=1S/C19H20N2O2/c1-13-5-7-14(8-6-13)17-10-9-16(23-17)11-15(12-20)18(22)21-19(2,3)4/h5-11H,1-4H3,(H,21,22)/b15-11+. The van der Waals surface area contributed by atoms with E-state index in [1.54, 1.807) is 6.07 Å². The Bertz CT molecular complexity index is 769. The molecule has 0 aliphatic carbocycles. The molecule has 2 rings (SSSR count). The molecule has 2 aromatic rings. The predicted octanol–water partition coefficient (Wildman–Crippen LogP) is 4.08. The molecule has 4 nitrogen and oxygen atoms in total. The van der Waals surface area contributed by atoms with Crippen LogP contribution in [0.4, 0.5) is 0 Å². The third-order valence-electron chi connectivity index (χ3n) is 3.10. The Labute approximate surface area is 136 Å². The molecule has 1 amide bonds. The number of hydrogen-bond acceptors (Lipinski definition) is 3. The van der Waals surface area contributed by atoms with Gasteiger partial charge in [-0.1, -0.05) is 29.8 Å². The second-order valence-electron chi connectivity index (χ2n) is 6.44. The predicted molar refractivity (Wildman–Crippen MR) is 90.4 cm³/mol. The number of nitrogens with one attached hydrogen (secondary N) is 1. The average molecular weight is 308 g/mol. The molecular formula is C19H20N2O2. The highest BCUT2D eigenvalue weighted by Gasteiger charge is 2.17. The number of aryl methyl sites for hydroxylation is 1. The van der Waals surface area contributed by atoms with Gasteiger partial charge in [-0.05, 0) is 39.8 Å². The van der Waals surface area contributed by atoms with Crippen molar-refractivity contribution >= 4 is 12.0 Å². The zero-order chi connectivity index (χ0) is 17.0. The summed E-state index contributed by atoms with van der Waals surface area (Å²) in [6, 6.07) is 13.4. The van der Waals surface area contributed by atoms with Crippen LogP contribution in [0.25, 0.3) is 17.4 Å². The Balaban J connectivity index is 2.23. The quantitative estimate of drug-likeness (QED) is 0.686. The first kappa shape index (κ1) is 16.6. The fourth-order valence-electron chi connectivity index (χ4n) is 2.00. The van der Waals surface area contributed by atoms with Crippen LogP contribution >= 0.6 is 0 Å². The topological polar surface area (TPSA) is 66.0 Å². The van der Waals surface area contributed by atoms with Gasteiger partial charge in [0.1, 0.15) is 23.2 Å². The van der Waals surface area contributed by atoms with Gasteiger partial charge in [-0.25, -0.2) is 0 Å². The minimum Gasteiger partial charge on any atom is -0.457 e. The first-order valence-corrected chi connectivity index (χ1v) is 7.40. The number of rotatable bonds is 3. The van der Waals surface area contributed by atoms with Gasteiger partial charge in [0.15, 0.2) is 0 Å². The SMILES string of the molecule is Cc1ccc(-c2ccc(/C=C(\C#N)C(=O)NC(C)(C)C)o2)cc1. The molecule has 0 bridgehead atoms. The molecule has 1 aromatic carbocycles. The van der Waals surface area contributed by atoms with Crippen LogP contribution in [0.1, 0.15) is 32.1 Å². The van der Waals surface area contributed by atoms with Crippen LogP contribution in [0.2, 0.25) is 0 Å². The summed E-state index contributed by atoms with van der Waals surface area (Å²) in [6.45, 7) is 7.61.